The maximum atomic E-state index is 12.8. The van der Waals surface area contributed by atoms with Gasteiger partial charge in [0.25, 0.3) is 0 Å². The van der Waals surface area contributed by atoms with Crippen LogP contribution in [0.2, 0.25) is 0 Å². The number of nitrogens with one attached hydrogen (secondary N) is 1. The minimum absolute atomic E-state index is 0.0551. The van der Waals surface area contributed by atoms with E-state index in [0.717, 1.165) is 23.2 Å². The Bertz CT molecular complexity index is 942. The number of hydrogen-bond acceptors (Lipinski definition) is 8. The molecule has 0 amide bonds. The number of rotatable bonds is 7. The molecule has 0 spiro atoms. The number of aromatic nitrogens is 2. The third-order valence-corrected chi connectivity index (χ3v) is 5.53. The zero-order valence-electron chi connectivity index (χ0n) is 18.7. The highest BCUT2D eigenvalue weighted by molar-refractivity contribution is 5.55. The van der Waals surface area contributed by atoms with Crippen LogP contribution in [0.15, 0.2) is 24.3 Å². The Labute approximate surface area is 189 Å². The molecule has 3 heterocycles. The predicted octanol–water partition coefficient (Wildman–Crippen LogP) is 3.51. The van der Waals surface area contributed by atoms with Crippen molar-refractivity contribution in [3.05, 3.63) is 46.8 Å². The Hall–Kier alpha value is -2.47. The second kappa shape index (κ2) is 9.41. The molecule has 1 aromatic carbocycles. The van der Waals surface area contributed by atoms with Crippen molar-refractivity contribution in [2.45, 2.75) is 51.8 Å². The molecule has 180 valence electrons. The summed E-state index contributed by atoms with van der Waals surface area (Å²) >= 11 is 0. The summed E-state index contributed by atoms with van der Waals surface area (Å²) in [6.07, 6.45) is -5.06. The van der Waals surface area contributed by atoms with E-state index in [1.54, 1.807) is 12.1 Å². The van der Waals surface area contributed by atoms with Gasteiger partial charge in [0.2, 0.25) is 12.0 Å². The lowest BCUT2D eigenvalue weighted by Crippen LogP contribution is -2.38. The number of nitrogens with zero attached hydrogens (tertiary/aromatic N) is 3. The molecule has 33 heavy (non-hydrogen) atoms. The van der Waals surface area contributed by atoms with Crippen molar-refractivity contribution in [3.8, 4) is 5.75 Å². The number of aryl methyl sites for hydroxylation is 3. The normalized spacial score (nSPS) is 20.4. The fourth-order valence-corrected chi connectivity index (χ4v) is 3.82. The van der Waals surface area contributed by atoms with Gasteiger partial charge in [-0.1, -0.05) is 0 Å². The molecule has 0 aliphatic carbocycles. The van der Waals surface area contributed by atoms with Gasteiger partial charge in [0.15, 0.2) is 0 Å². The van der Waals surface area contributed by atoms with E-state index >= 15 is 0 Å². The Kier molecular flexibility index (Phi) is 6.76. The van der Waals surface area contributed by atoms with Crippen LogP contribution >= 0.6 is 0 Å². The van der Waals surface area contributed by atoms with Crippen LogP contribution in [-0.4, -0.2) is 49.1 Å². The first-order chi connectivity index (χ1) is 15.7. The average molecular weight is 468 g/mol. The number of benzene rings is 1. The number of alkyl halides is 3. The van der Waals surface area contributed by atoms with Crippen molar-refractivity contribution >= 4 is 5.69 Å². The second-order valence-corrected chi connectivity index (χ2v) is 8.18. The molecule has 0 radical (unpaired) electrons. The summed E-state index contributed by atoms with van der Waals surface area (Å²) in [5.74, 6) is -0.122. The summed E-state index contributed by atoms with van der Waals surface area (Å²) in [6, 6.07) is 7.27. The van der Waals surface area contributed by atoms with Gasteiger partial charge in [-0.05, 0) is 69.0 Å². The van der Waals surface area contributed by atoms with Crippen LogP contribution < -0.4 is 15.1 Å². The van der Waals surface area contributed by atoms with E-state index in [9.17, 15) is 13.2 Å². The third kappa shape index (κ3) is 5.37. The number of anilines is 1. The van der Waals surface area contributed by atoms with E-state index in [0.29, 0.717) is 43.4 Å². The standard InChI is InChI=1S/C22H27F3N4O4/c1-14-11-17(29-13-26-20(33-29)22(23,24)25)12-15(2)19(14)30-8-4-5-16-6-7-18(28-27-16)21(3)31-9-10-32-21/h6-7,11-12,20,26H,4-5,8-10,13H2,1-3H3. The summed E-state index contributed by atoms with van der Waals surface area (Å²) in [6.45, 7) is 7.02. The van der Waals surface area contributed by atoms with Crippen molar-refractivity contribution in [2.24, 2.45) is 0 Å². The van der Waals surface area contributed by atoms with E-state index in [1.165, 1.54) is 5.06 Å². The minimum atomic E-state index is -4.47. The molecule has 8 nitrogen and oxygen atoms in total. The highest BCUT2D eigenvalue weighted by Crippen LogP contribution is 2.33. The molecular formula is C22H27F3N4O4. The van der Waals surface area contributed by atoms with Crippen LogP contribution in [-0.2, 0) is 26.5 Å². The molecule has 0 bridgehead atoms. The van der Waals surface area contributed by atoms with Crippen LogP contribution in [0, 0.1) is 13.8 Å². The summed E-state index contributed by atoms with van der Waals surface area (Å²) < 4.78 is 55.6. The van der Waals surface area contributed by atoms with Crippen LogP contribution in [0.5, 0.6) is 5.75 Å². The highest BCUT2D eigenvalue weighted by atomic mass is 19.4. The average Bonchev–Trinajstić information content (AvgIpc) is 3.43. The topological polar surface area (TPSA) is 78.0 Å². The number of hydroxylamine groups is 1. The van der Waals surface area contributed by atoms with E-state index < -0.39 is 18.2 Å². The number of halogens is 3. The number of ether oxygens (including phenoxy) is 3. The van der Waals surface area contributed by atoms with E-state index in [-0.39, 0.29) is 6.67 Å². The van der Waals surface area contributed by atoms with E-state index in [1.807, 2.05) is 32.9 Å². The zero-order chi connectivity index (χ0) is 23.6. The molecule has 4 rings (SSSR count). The molecule has 2 fully saturated rings. The molecule has 2 aliphatic heterocycles. The van der Waals surface area contributed by atoms with Gasteiger partial charge in [-0.2, -0.15) is 18.3 Å². The van der Waals surface area contributed by atoms with Crippen LogP contribution in [0.3, 0.4) is 0 Å². The molecule has 2 aliphatic rings. The van der Waals surface area contributed by atoms with Crippen molar-refractivity contribution in [3.63, 3.8) is 0 Å². The lowest BCUT2D eigenvalue weighted by molar-refractivity contribution is -0.215. The lowest BCUT2D eigenvalue weighted by atomic mass is 10.1. The van der Waals surface area contributed by atoms with Gasteiger partial charge in [0.05, 0.1) is 37.9 Å². The molecule has 2 saturated heterocycles. The minimum Gasteiger partial charge on any atom is -0.493 e. The molecule has 1 N–H and O–H groups in total. The third-order valence-electron chi connectivity index (χ3n) is 5.53. The second-order valence-electron chi connectivity index (χ2n) is 8.18. The summed E-state index contributed by atoms with van der Waals surface area (Å²) in [5.41, 5.74) is 3.66. The van der Waals surface area contributed by atoms with Gasteiger partial charge in [0, 0.05) is 0 Å². The van der Waals surface area contributed by atoms with Crippen LogP contribution in [0.1, 0.15) is 35.9 Å². The van der Waals surface area contributed by atoms with Gasteiger partial charge in [-0.15, -0.1) is 5.10 Å². The van der Waals surface area contributed by atoms with Gasteiger partial charge >= 0.3 is 6.18 Å². The molecule has 1 unspecified atom stereocenters. The lowest BCUT2D eigenvalue weighted by Gasteiger charge is -2.21. The molecule has 11 heteroatoms. The Balaban J connectivity index is 1.29. The predicted molar refractivity (Wildman–Crippen MR) is 112 cm³/mol. The monoisotopic (exact) mass is 468 g/mol. The SMILES string of the molecule is Cc1cc(N2CNC(C(F)(F)F)O2)cc(C)c1OCCCc1ccc(C2(C)OCCO2)nn1. The highest BCUT2D eigenvalue weighted by Gasteiger charge is 2.45. The Morgan fingerprint density at radius 2 is 1.85 bits per heavy atom. The largest absolute Gasteiger partial charge is 0.493 e. The Morgan fingerprint density at radius 1 is 1.15 bits per heavy atom. The number of hydrogen-bond donors (Lipinski definition) is 1. The van der Waals surface area contributed by atoms with Crippen LogP contribution in [0.25, 0.3) is 0 Å². The maximum Gasteiger partial charge on any atom is 0.430 e. The first kappa shape index (κ1) is 23.7. The molecular weight excluding hydrogens is 441 g/mol. The fraction of sp³-hybridized carbons (Fsp3) is 0.545. The molecule has 2 aromatic rings. The quantitative estimate of drug-likeness (QED) is 0.619. The summed E-state index contributed by atoms with van der Waals surface area (Å²) in [5, 5.41) is 12.0. The first-order valence-electron chi connectivity index (χ1n) is 10.8. The van der Waals surface area contributed by atoms with Crippen molar-refractivity contribution < 1.29 is 32.2 Å². The van der Waals surface area contributed by atoms with Gasteiger partial charge in [0.1, 0.15) is 11.4 Å². The first-order valence-corrected chi connectivity index (χ1v) is 10.8. The fourth-order valence-electron chi connectivity index (χ4n) is 3.82. The van der Waals surface area contributed by atoms with E-state index in [4.69, 9.17) is 19.0 Å². The molecule has 0 saturated carbocycles. The Morgan fingerprint density at radius 3 is 2.42 bits per heavy atom. The molecule has 1 atom stereocenters. The van der Waals surface area contributed by atoms with E-state index in [2.05, 4.69) is 15.5 Å². The van der Waals surface area contributed by atoms with Crippen LogP contribution in [0.4, 0.5) is 18.9 Å². The van der Waals surface area contributed by atoms with Crippen molar-refractivity contribution in [1.29, 1.82) is 0 Å². The maximum absolute atomic E-state index is 12.8. The zero-order valence-corrected chi connectivity index (χ0v) is 18.7. The van der Waals surface area contributed by atoms with Gasteiger partial charge in [-0.3, -0.25) is 5.32 Å². The summed E-state index contributed by atoms with van der Waals surface area (Å²) in [7, 11) is 0. The summed E-state index contributed by atoms with van der Waals surface area (Å²) in [4.78, 5) is 4.98. The van der Waals surface area contributed by atoms with Crippen molar-refractivity contribution in [2.75, 3.05) is 31.6 Å². The van der Waals surface area contributed by atoms with Gasteiger partial charge < -0.3 is 14.2 Å². The smallest absolute Gasteiger partial charge is 0.430 e. The van der Waals surface area contributed by atoms with Gasteiger partial charge in [-0.25, -0.2) is 9.90 Å². The van der Waals surface area contributed by atoms with Crippen molar-refractivity contribution in [1.82, 2.24) is 15.5 Å². The molecule has 1 aromatic heterocycles.